The fourth-order valence-corrected chi connectivity index (χ4v) is 5.07. The van der Waals surface area contributed by atoms with Crippen LogP contribution in [-0.4, -0.2) is 35.0 Å². The second kappa shape index (κ2) is 15.2. The van der Waals surface area contributed by atoms with E-state index in [-0.39, 0.29) is 17.3 Å². The highest BCUT2D eigenvalue weighted by molar-refractivity contribution is 8.00. The van der Waals surface area contributed by atoms with Crippen LogP contribution in [0.15, 0.2) is 114 Å². The lowest BCUT2D eigenvalue weighted by molar-refractivity contribution is -0.384. The summed E-state index contributed by atoms with van der Waals surface area (Å²) in [5.74, 6) is -0.630. The number of nitro benzene ring substituents is 1. The minimum absolute atomic E-state index is 0.0603. The van der Waals surface area contributed by atoms with Gasteiger partial charge in [0.2, 0.25) is 5.91 Å². The van der Waals surface area contributed by atoms with Gasteiger partial charge in [-0.25, -0.2) is 0 Å². The number of carbonyl (C=O) groups excluding carboxylic acids is 3. The molecule has 0 radical (unpaired) electrons. The second-order valence-electron chi connectivity index (χ2n) is 9.44. The molecule has 11 heteroatoms. The van der Waals surface area contributed by atoms with Gasteiger partial charge in [0, 0.05) is 40.0 Å². The van der Waals surface area contributed by atoms with Gasteiger partial charge in [0.25, 0.3) is 17.5 Å². The van der Waals surface area contributed by atoms with Crippen molar-refractivity contribution in [2.45, 2.75) is 23.5 Å². The summed E-state index contributed by atoms with van der Waals surface area (Å²) in [6.07, 6.45) is 2.00. The number of rotatable bonds is 12. The van der Waals surface area contributed by atoms with Crippen LogP contribution >= 0.6 is 11.8 Å². The summed E-state index contributed by atoms with van der Waals surface area (Å²) in [4.78, 5) is 50.6. The van der Waals surface area contributed by atoms with Crippen molar-refractivity contribution in [2.75, 3.05) is 17.7 Å². The number of ether oxygens (including phenoxy) is 1. The molecule has 4 rings (SSSR count). The number of nitro groups is 1. The number of benzene rings is 4. The van der Waals surface area contributed by atoms with Crippen LogP contribution in [0.25, 0.3) is 6.08 Å². The van der Waals surface area contributed by atoms with Gasteiger partial charge < -0.3 is 20.7 Å². The van der Waals surface area contributed by atoms with E-state index in [9.17, 15) is 24.5 Å². The number of amides is 3. The number of methoxy groups -OCH3 is 1. The molecule has 1 unspecified atom stereocenters. The smallest absolute Gasteiger partial charge is 0.272 e. The number of anilines is 2. The van der Waals surface area contributed by atoms with Gasteiger partial charge in [-0.15, -0.1) is 11.8 Å². The molecule has 1 atom stereocenters. The molecule has 0 fully saturated rings. The van der Waals surface area contributed by atoms with Crippen molar-refractivity contribution < 1.29 is 24.0 Å². The normalized spacial score (nSPS) is 11.6. The van der Waals surface area contributed by atoms with E-state index in [1.54, 1.807) is 79.9 Å². The van der Waals surface area contributed by atoms with Crippen molar-refractivity contribution in [2.24, 2.45) is 0 Å². The quantitative estimate of drug-likeness (QED) is 0.0718. The van der Waals surface area contributed by atoms with E-state index < -0.39 is 22.0 Å². The molecule has 0 aliphatic heterocycles. The molecule has 3 amide bonds. The first-order chi connectivity index (χ1) is 21.2. The summed E-state index contributed by atoms with van der Waals surface area (Å²) in [6.45, 7) is 1.92. The standard InChI is InChI=1S/C33H30N4O6S/c1-3-30(33(40)35-24-11-7-13-27(20-24)43-2)44-28-14-8-12-25(21-28)34-32(39)29(36-31(38)23-9-5-4-6-10-23)19-22-15-17-26(18-16-22)37(41)42/h4-21,30H,3H2,1-2H3,(H,34,39)(H,35,40)(H,36,38)/b29-19+. The Morgan fingerprint density at radius 1 is 0.886 bits per heavy atom. The molecule has 0 spiro atoms. The Morgan fingerprint density at radius 3 is 2.23 bits per heavy atom. The van der Waals surface area contributed by atoms with Gasteiger partial charge in [0.05, 0.1) is 17.3 Å². The van der Waals surface area contributed by atoms with E-state index in [0.29, 0.717) is 34.7 Å². The average Bonchev–Trinajstić information content (AvgIpc) is 3.04. The lowest BCUT2D eigenvalue weighted by atomic mass is 10.1. The Hall–Kier alpha value is -5.42. The third-order valence-corrected chi connectivity index (χ3v) is 7.67. The highest BCUT2D eigenvalue weighted by Crippen LogP contribution is 2.29. The molecular weight excluding hydrogens is 580 g/mol. The van der Waals surface area contributed by atoms with E-state index in [2.05, 4.69) is 16.0 Å². The third kappa shape index (κ3) is 8.79. The Labute approximate surface area is 258 Å². The highest BCUT2D eigenvalue weighted by atomic mass is 32.2. The SMILES string of the molecule is CCC(Sc1cccc(NC(=O)/C(=C\c2ccc([N+](=O)[O-])cc2)NC(=O)c2ccccc2)c1)C(=O)Nc1cccc(OC)c1. The molecule has 0 aliphatic rings. The number of non-ortho nitro benzene ring substituents is 1. The van der Waals surface area contributed by atoms with Gasteiger partial charge in [0.15, 0.2) is 0 Å². The number of hydrogen-bond donors (Lipinski definition) is 3. The Bertz CT molecular complexity index is 1680. The number of carbonyl (C=O) groups is 3. The molecule has 10 nitrogen and oxygen atoms in total. The number of nitrogens with one attached hydrogen (secondary N) is 3. The van der Waals surface area contributed by atoms with Crippen LogP contribution < -0.4 is 20.7 Å². The van der Waals surface area contributed by atoms with Crippen molar-refractivity contribution in [1.82, 2.24) is 5.32 Å². The molecule has 0 bridgehead atoms. The van der Waals surface area contributed by atoms with Crippen molar-refractivity contribution in [1.29, 1.82) is 0 Å². The Morgan fingerprint density at radius 2 is 1.57 bits per heavy atom. The van der Waals surface area contributed by atoms with E-state index in [1.807, 2.05) is 13.0 Å². The summed E-state index contributed by atoms with van der Waals surface area (Å²) < 4.78 is 5.23. The molecule has 44 heavy (non-hydrogen) atoms. The van der Waals surface area contributed by atoms with Crippen LogP contribution in [0.2, 0.25) is 0 Å². The van der Waals surface area contributed by atoms with Crippen LogP contribution in [-0.2, 0) is 9.59 Å². The number of hydrogen-bond acceptors (Lipinski definition) is 7. The monoisotopic (exact) mass is 610 g/mol. The molecule has 4 aromatic rings. The van der Waals surface area contributed by atoms with E-state index in [1.165, 1.54) is 42.1 Å². The summed E-state index contributed by atoms with van der Waals surface area (Å²) in [5, 5.41) is 19.0. The summed E-state index contributed by atoms with van der Waals surface area (Å²) in [5.41, 5.74) is 1.75. The van der Waals surface area contributed by atoms with E-state index >= 15 is 0 Å². The zero-order valence-electron chi connectivity index (χ0n) is 24.0. The van der Waals surface area contributed by atoms with Crippen LogP contribution in [0.1, 0.15) is 29.3 Å². The van der Waals surface area contributed by atoms with Crippen molar-refractivity contribution in [3.8, 4) is 5.75 Å². The topological polar surface area (TPSA) is 140 Å². The molecule has 0 aromatic heterocycles. The second-order valence-corrected chi connectivity index (χ2v) is 10.7. The van der Waals surface area contributed by atoms with Gasteiger partial charge >= 0.3 is 0 Å². The van der Waals surface area contributed by atoms with E-state index in [4.69, 9.17) is 4.74 Å². The summed E-state index contributed by atoms with van der Waals surface area (Å²) >= 11 is 1.36. The van der Waals surface area contributed by atoms with Crippen molar-refractivity contribution in [3.63, 3.8) is 0 Å². The number of nitrogens with zero attached hydrogens (tertiary/aromatic N) is 1. The van der Waals surface area contributed by atoms with Crippen molar-refractivity contribution in [3.05, 3.63) is 130 Å². The number of thioether (sulfide) groups is 1. The van der Waals surface area contributed by atoms with Crippen LogP contribution in [0, 0.1) is 10.1 Å². The lowest BCUT2D eigenvalue weighted by Crippen LogP contribution is -2.30. The first-order valence-electron chi connectivity index (χ1n) is 13.6. The molecule has 0 saturated heterocycles. The van der Waals surface area contributed by atoms with Gasteiger partial charge in [-0.05, 0) is 72.7 Å². The van der Waals surface area contributed by atoms with Crippen LogP contribution in [0.5, 0.6) is 5.75 Å². The molecule has 224 valence electrons. The highest BCUT2D eigenvalue weighted by Gasteiger charge is 2.20. The fraction of sp³-hybridized carbons (Fsp3) is 0.121. The van der Waals surface area contributed by atoms with Crippen LogP contribution in [0.4, 0.5) is 17.1 Å². The Balaban J connectivity index is 1.51. The predicted molar refractivity (Wildman–Crippen MR) is 172 cm³/mol. The summed E-state index contributed by atoms with van der Waals surface area (Å²) in [6, 6.07) is 28.2. The molecule has 4 aromatic carbocycles. The maximum absolute atomic E-state index is 13.4. The molecular formula is C33H30N4O6S. The lowest BCUT2D eigenvalue weighted by Gasteiger charge is -2.16. The first kappa shape index (κ1) is 31.5. The maximum Gasteiger partial charge on any atom is 0.272 e. The molecule has 3 N–H and O–H groups in total. The fourth-order valence-electron chi connectivity index (χ4n) is 4.06. The van der Waals surface area contributed by atoms with Gasteiger partial charge in [0.1, 0.15) is 11.4 Å². The largest absolute Gasteiger partial charge is 0.497 e. The zero-order valence-corrected chi connectivity index (χ0v) is 24.8. The van der Waals surface area contributed by atoms with Gasteiger partial charge in [-0.3, -0.25) is 24.5 Å². The molecule has 0 heterocycles. The van der Waals surface area contributed by atoms with Crippen LogP contribution in [0.3, 0.4) is 0 Å². The minimum atomic E-state index is -0.599. The molecule has 0 aliphatic carbocycles. The summed E-state index contributed by atoms with van der Waals surface area (Å²) in [7, 11) is 1.56. The van der Waals surface area contributed by atoms with Gasteiger partial charge in [-0.1, -0.05) is 37.3 Å². The average molecular weight is 611 g/mol. The first-order valence-corrected chi connectivity index (χ1v) is 14.5. The maximum atomic E-state index is 13.4. The van der Waals surface area contributed by atoms with Crippen molar-refractivity contribution >= 4 is 52.6 Å². The predicted octanol–water partition coefficient (Wildman–Crippen LogP) is 6.52. The Kier molecular flexibility index (Phi) is 10.9. The van der Waals surface area contributed by atoms with E-state index in [0.717, 1.165) is 4.90 Å². The zero-order chi connectivity index (χ0) is 31.5. The molecule has 0 saturated carbocycles. The van der Waals surface area contributed by atoms with Gasteiger partial charge in [-0.2, -0.15) is 0 Å². The minimum Gasteiger partial charge on any atom is -0.497 e. The third-order valence-electron chi connectivity index (χ3n) is 6.31.